The second kappa shape index (κ2) is 2.49. The number of hydrogen-bond donors (Lipinski definition) is 0. The van der Waals surface area contributed by atoms with Gasteiger partial charge < -0.3 is 0 Å². The van der Waals surface area contributed by atoms with Crippen LogP contribution in [0.2, 0.25) is 0 Å². The van der Waals surface area contributed by atoms with Crippen molar-refractivity contribution in [3.05, 3.63) is 34.9 Å². The van der Waals surface area contributed by atoms with Crippen LogP contribution in [0.15, 0.2) is 12.3 Å². The van der Waals surface area contributed by atoms with Crippen molar-refractivity contribution in [1.29, 1.82) is 0 Å². The summed E-state index contributed by atoms with van der Waals surface area (Å²) in [6, 6.07) is 1.84. The molecule has 1 aromatic rings. The van der Waals surface area contributed by atoms with Crippen molar-refractivity contribution in [3.63, 3.8) is 0 Å². The fourth-order valence-corrected chi connectivity index (χ4v) is 0.689. The minimum Gasteiger partial charge on any atom is -0.273 e. The molecule has 0 bridgehead atoms. The van der Waals surface area contributed by atoms with Crippen LogP contribution in [0.1, 0.15) is 11.3 Å². The van der Waals surface area contributed by atoms with Crippen LogP contribution in [0.25, 0.3) is 4.85 Å². The molecule has 1 aromatic heterocycles. The van der Waals surface area contributed by atoms with E-state index >= 15 is 0 Å². The minimum absolute atomic E-state index is 0.614. The van der Waals surface area contributed by atoms with Crippen molar-refractivity contribution in [2.75, 3.05) is 0 Å². The third-order valence-corrected chi connectivity index (χ3v) is 1.45. The van der Waals surface area contributed by atoms with E-state index in [9.17, 15) is 0 Å². The van der Waals surface area contributed by atoms with E-state index in [0.717, 1.165) is 11.3 Å². The average molecular weight is 132 g/mol. The van der Waals surface area contributed by atoms with Crippen LogP contribution in [0.5, 0.6) is 0 Å². The van der Waals surface area contributed by atoms with Gasteiger partial charge in [0, 0.05) is 11.9 Å². The molecule has 10 heavy (non-hydrogen) atoms. The number of hydrogen-bond acceptors (Lipinski definition) is 1. The van der Waals surface area contributed by atoms with E-state index < -0.39 is 0 Å². The zero-order valence-electron chi connectivity index (χ0n) is 6.05. The summed E-state index contributed by atoms with van der Waals surface area (Å²) in [7, 11) is 0. The zero-order valence-corrected chi connectivity index (χ0v) is 6.05. The van der Waals surface area contributed by atoms with E-state index in [-0.39, 0.29) is 0 Å². The predicted octanol–water partition coefficient (Wildman–Crippen LogP) is 2.25. The maximum atomic E-state index is 6.70. The molecule has 0 saturated carbocycles. The third-order valence-electron chi connectivity index (χ3n) is 1.45. The van der Waals surface area contributed by atoms with Crippen LogP contribution in [0, 0.1) is 20.4 Å². The molecule has 2 nitrogen and oxygen atoms in total. The highest BCUT2D eigenvalue weighted by Gasteiger charge is 1.94. The first-order chi connectivity index (χ1) is 4.74. The van der Waals surface area contributed by atoms with Gasteiger partial charge in [0.2, 0.25) is 5.69 Å². The molecular formula is C8H8N2. The monoisotopic (exact) mass is 132 g/mol. The molecule has 1 heterocycles. The maximum Gasteiger partial charge on any atom is 0.205 e. The van der Waals surface area contributed by atoms with E-state index in [4.69, 9.17) is 6.57 Å². The van der Waals surface area contributed by atoms with Crippen LogP contribution in [-0.2, 0) is 0 Å². The summed E-state index contributed by atoms with van der Waals surface area (Å²) in [5.41, 5.74) is 2.68. The van der Waals surface area contributed by atoms with Crippen molar-refractivity contribution in [2.24, 2.45) is 0 Å². The average Bonchev–Trinajstić information content (AvgIpc) is 1.95. The Morgan fingerprint density at radius 3 is 2.70 bits per heavy atom. The van der Waals surface area contributed by atoms with Gasteiger partial charge in [0.15, 0.2) is 0 Å². The smallest absolute Gasteiger partial charge is 0.205 e. The summed E-state index contributed by atoms with van der Waals surface area (Å²) in [5, 5.41) is 0. The Morgan fingerprint density at radius 1 is 1.50 bits per heavy atom. The first-order valence-corrected chi connectivity index (χ1v) is 3.05. The summed E-state index contributed by atoms with van der Waals surface area (Å²) in [6.45, 7) is 10.6. The molecule has 0 fully saturated rings. The number of nitrogens with zero attached hydrogens (tertiary/aromatic N) is 2. The molecule has 1 rings (SSSR count). The van der Waals surface area contributed by atoms with Crippen LogP contribution in [-0.4, -0.2) is 4.98 Å². The SMILES string of the molecule is [C-]#[N+]c1cnc(C)c(C)c1. The summed E-state index contributed by atoms with van der Waals surface area (Å²) in [6.07, 6.45) is 1.59. The largest absolute Gasteiger partial charge is 0.273 e. The minimum atomic E-state index is 0.614. The van der Waals surface area contributed by atoms with Gasteiger partial charge in [-0.15, -0.1) is 0 Å². The first kappa shape index (κ1) is 6.76. The van der Waals surface area contributed by atoms with E-state index in [1.807, 2.05) is 19.9 Å². The Labute approximate surface area is 60.3 Å². The van der Waals surface area contributed by atoms with E-state index in [1.165, 1.54) is 0 Å². The number of aryl methyl sites for hydroxylation is 2. The van der Waals surface area contributed by atoms with Crippen LogP contribution in [0.3, 0.4) is 0 Å². The van der Waals surface area contributed by atoms with Crippen molar-refractivity contribution >= 4 is 5.69 Å². The van der Waals surface area contributed by atoms with Gasteiger partial charge in [-0.1, -0.05) is 6.07 Å². The van der Waals surface area contributed by atoms with Gasteiger partial charge in [-0.2, -0.15) is 0 Å². The van der Waals surface area contributed by atoms with Crippen molar-refractivity contribution in [1.82, 2.24) is 4.98 Å². The van der Waals surface area contributed by atoms with Crippen molar-refractivity contribution in [3.8, 4) is 0 Å². The van der Waals surface area contributed by atoms with Gasteiger partial charge in [-0.3, -0.25) is 4.98 Å². The molecule has 0 unspecified atom stereocenters. The van der Waals surface area contributed by atoms with E-state index in [1.54, 1.807) is 6.20 Å². The third kappa shape index (κ3) is 1.14. The summed E-state index contributed by atoms with van der Waals surface area (Å²) < 4.78 is 0. The zero-order chi connectivity index (χ0) is 7.56. The fraction of sp³-hybridized carbons (Fsp3) is 0.250. The standard InChI is InChI=1S/C8H8N2/c1-6-4-8(9-3)5-10-7(6)2/h4-5H,1-2H3. The van der Waals surface area contributed by atoms with Gasteiger partial charge in [-0.05, 0) is 19.4 Å². The Bertz CT molecular complexity index is 284. The molecule has 0 aromatic carbocycles. The van der Waals surface area contributed by atoms with Crippen molar-refractivity contribution < 1.29 is 0 Å². The Hall–Kier alpha value is -1.36. The van der Waals surface area contributed by atoms with Gasteiger partial charge in [0.05, 0.1) is 6.57 Å². The molecule has 50 valence electrons. The van der Waals surface area contributed by atoms with E-state index in [2.05, 4.69) is 9.83 Å². The summed E-state index contributed by atoms with van der Waals surface area (Å²) >= 11 is 0. The Kier molecular flexibility index (Phi) is 1.68. The molecule has 2 heteroatoms. The van der Waals surface area contributed by atoms with Crippen molar-refractivity contribution in [2.45, 2.75) is 13.8 Å². The predicted molar refractivity (Wildman–Crippen MR) is 40.0 cm³/mol. The second-order valence-electron chi connectivity index (χ2n) is 2.21. The molecule has 0 spiro atoms. The highest BCUT2D eigenvalue weighted by atomic mass is 14.7. The van der Waals surface area contributed by atoms with Gasteiger partial charge in [0.25, 0.3) is 0 Å². The fourth-order valence-electron chi connectivity index (χ4n) is 0.689. The Morgan fingerprint density at radius 2 is 2.20 bits per heavy atom. The van der Waals surface area contributed by atoms with Crippen LogP contribution in [0.4, 0.5) is 5.69 Å². The second-order valence-corrected chi connectivity index (χ2v) is 2.21. The molecular weight excluding hydrogens is 124 g/mol. The lowest BCUT2D eigenvalue weighted by Crippen LogP contribution is -1.82. The highest BCUT2D eigenvalue weighted by molar-refractivity contribution is 5.44. The van der Waals surface area contributed by atoms with Gasteiger partial charge in [-0.25, -0.2) is 4.85 Å². The lowest BCUT2D eigenvalue weighted by molar-refractivity contribution is 1.16. The molecule has 0 radical (unpaired) electrons. The van der Waals surface area contributed by atoms with Crippen LogP contribution >= 0.6 is 0 Å². The quantitative estimate of drug-likeness (QED) is 0.495. The van der Waals surface area contributed by atoms with Crippen LogP contribution < -0.4 is 0 Å². The molecule has 0 aliphatic heterocycles. The number of rotatable bonds is 0. The van der Waals surface area contributed by atoms with Gasteiger partial charge >= 0.3 is 0 Å². The topological polar surface area (TPSA) is 17.2 Å². The maximum absolute atomic E-state index is 6.70. The molecule has 0 aliphatic carbocycles. The first-order valence-electron chi connectivity index (χ1n) is 3.05. The summed E-state index contributed by atoms with van der Waals surface area (Å²) in [5.74, 6) is 0. The number of aromatic nitrogens is 1. The lowest BCUT2D eigenvalue weighted by Gasteiger charge is -1.96. The van der Waals surface area contributed by atoms with Gasteiger partial charge in [0.1, 0.15) is 0 Å². The highest BCUT2D eigenvalue weighted by Crippen LogP contribution is 2.13. The molecule has 0 N–H and O–H groups in total. The molecule has 0 atom stereocenters. The van der Waals surface area contributed by atoms with E-state index in [0.29, 0.717) is 5.69 Å². The molecule has 0 aliphatic rings. The lowest BCUT2D eigenvalue weighted by atomic mass is 10.2. The molecule has 0 amide bonds. The molecule has 0 saturated heterocycles. The normalized spacial score (nSPS) is 8.90. The summed E-state index contributed by atoms with van der Waals surface area (Å²) in [4.78, 5) is 7.30. The number of pyridine rings is 1. The Balaban J connectivity index is 3.20.